The van der Waals surface area contributed by atoms with Crippen molar-refractivity contribution in [3.05, 3.63) is 29.6 Å². The Morgan fingerprint density at radius 3 is 2.81 bits per heavy atom. The van der Waals surface area contributed by atoms with Gasteiger partial charge in [-0.25, -0.2) is 9.97 Å². The van der Waals surface area contributed by atoms with Crippen molar-refractivity contribution in [3.63, 3.8) is 0 Å². The summed E-state index contributed by atoms with van der Waals surface area (Å²) in [5.74, 6) is 0.938. The molecule has 0 atom stereocenters. The molecule has 21 heavy (non-hydrogen) atoms. The lowest BCUT2D eigenvalue weighted by Gasteiger charge is -2.25. The number of aromatic nitrogens is 3. The zero-order chi connectivity index (χ0) is 14.7. The lowest BCUT2D eigenvalue weighted by molar-refractivity contribution is -0.152. The predicted molar refractivity (Wildman–Crippen MR) is 77.2 cm³/mol. The van der Waals surface area contributed by atoms with E-state index in [0.717, 1.165) is 43.4 Å². The molecule has 0 aromatic carbocycles. The fraction of sp³-hybridized carbons (Fsp3) is 0.533. The summed E-state index contributed by atoms with van der Waals surface area (Å²) in [5, 5.41) is 0.461. The summed E-state index contributed by atoms with van der Waals surface area (Å²) in [6, 6.07) is 0. The number of nitrogens with zero attached hydrogens (tertiary/aromatic N) is 3. The summed E-state index contributed by atoms with van der Waals surface area (Å²) in [6.45, 7) is 0. The van der Waals surface area contributed by atoms with E-state index in [1.54, 1.807) is 12.4 Å². The van der Waals surface area contributed by atoms with Crippen molar-refractivity contribution in [1.29, 1.82) is 0 Å². The number of carbonyl (C=O) groups is 1. The van der Waals surface area contributed by atoms with Crippen molar-refractivity contribution in [1.82, 2.24) is 14.4 Å². The summed E-state index contributed by atoms with van der Waals surface area (Å²) < 4.78 is 7.05. The van der Waals surface area contributed by atoms with E-state index >= 15 is 0 Å². The van der Waals surface area contributed by atoms with Gasteiger partial charge in [0.2, 0.25) is 0 Å². The van der Waals surface area contributed by atoms with Crippen molar-refractivity contribution in [3.8, 4) is 0 Å². The summed E-state index contributed by atoms with van der Waals surface area (Å²) in [7, 11) is 1.48. The van der Waals surface area contributed by atoms with E-state index in [1.165, 1.54) is 7.11 Å². The van der Waals surface area contributed by atoms with E-state index in [9.17, 15) is 4.79 Å². The normalized spacial score (nSPS) is 31.0. The van der Waals surface area contributed by atoms with Gasteiger partial charge >= 0.3 is 5.97 Å². The van der Waals surface area contributed by atoms with Crippen molar-refractivity contribution < 1.29 is 9.53 Å². The number of hydrogen-bond donors (Lipinski definition) is 0. The van der Waals surface area contributed by atoms with Gasteiger partial charge in [0.1, 0.15) is 11.3 Å². The highest BCUT2D eigenvalue weighted by atomic mass is 35.5. The molecule has 4 rings (SSSR count). The van der Waals surface area contributed by atoms with Crippen LogP contribution in [-0.4, -0.2) is 27.4 Å². The Bertz CT molecular complexity index is 732. The van der Waals surface area contributed by atoms with Crippen LogP contribution in [0.1, 0.15) is 37.9 Å². The van der Waals surface area contributed by atoms with Crippen molar-refractivity contribution in [2.45, 2.75) is 37.5 Å². The van der Waals surface area contributed by atoms with E-state index < -0.39 is 0 Å². The first-order chi connectivity index (χ1) is 10.1. The molecule has 0 spiro atoms. The van der Waals surface area contributed by atoms with E-state index in [2.05, 4.69) is 9.97 Å². The predicted octanol–water partition coefficient (Wildman–Crippen LogP) is 2.76. The third-order valence-corrected chi connectivity index (χ3v) is 5.64. The number of imidazole rings is 1. The first-order valence-corrected chi connectivity index (χ1v) is 7.55. The minimum Gasteiger partial charge on any atom is -0.469 e. The van der Waals surface area contributed by atoms with Crippen molar-refractivity contribution >= 4 is 23.1 Å². The number of ether oxygens (including phenoxy) is 1. The van der Waals surface area contributed by atoms with Crippen molar-refractivity contribution in [2.24, 2.45) is 5.41 Å². The van der Waals surface area contributed by atoms with Crippen molar-refractivity contribution in [2.75, 3.05) is 7.11 Å². The Kier molecular flexibility index (Phi) is 2.61. The summed E-state index contributed by atoms with van der Waals surface area (Å²) >= 11 is 6.13. The molecule has 2 heterocycles. The van der Waals surface area contributed by atoms with Crippen LogP contribution in [-0.2, 0) is 14.9 Å². The van der Waals surface area contributed by atoms with Gasteiger partial charge in [-0.05, 0) is 32.1 Å². The second kappa shape index (κ2) is 4.19. The summed E-state index contributed by atoms with van der Waals surface area (Å²) in [6.07, 6.45) is 9.90. The van der Waals surface area contributed by atoms with Crippen LogP contribution in [0, 0.1) is 5.41 Å². The molecule has 2 fully saturated rings. The van der Waals surface area contributed by atoms with Gasteiger partial charge in [-0.3, -0.25) is 9.20 Å². The molecule has 2 aliphatic rings. The number of fused-ring (bicyclic) bond motifs is 3. The standard InChI is InChI=1S/C15H16ClN3O2/c1-21-13(20)15-4-2-14(9-15,3-5-15)12-18-8-10-11(16)17-6-7-19(10)12/h6-8H,2-5,9H2,1H3. The van der Waals surface area contributed by atoms with Crippen LogP contribution < -0.4 is 0 Å². The molecular weight excluding hydrogens is 290 g/mol. The lowest BCUT2D eigenvalue weighted by Crippen LogP contribution is -2.27. The van der Waals surface area contributed by atoms with Crippen LogP contribution in [0.2, 0.25) is 5.15 Å². The molecule has 2 aromatic rings. The van der Waals surface area contributed by atoms with Gasteiger partial charge in [-0.2, -0.15) is 0 Å². The lowest BCUT2D eigenvalue weighted by atomic mass is 9.81. The van der Waals surface area contributed by atoms with Gasteiger partial charge in [0, 0.05) is 17.8 Å². The van der Waals surface area contributed by atoms with Crippen LogP contribution in [0.15, 0.2) is 18.6 Å². The quantitative estimate of drug-likeness (QED) is 0.801. The van der Waals surface area contributed by atoms with E-state index in [1.807, 2.05) is 10.6 Å². The number of halogens is 1. The van der Waals surface area contributed by atoms with Crippen LogP contribution in [0.4, 0.5) is 0 Å². The molecular formula is C15H16ClN3O2. The van der Waals surface area contributed by atoms with Gasteiger partial charge in [-0.1, -0.05) is 11.6 Å². The van der Waals surface area contributed by atoms with Crippen LogP contribution in [0.3, 0.4) is 0 Å². The first kappa shape index (κ1) is 13.1. The summed E-state index contributed by atoms with van der Waals surface area (Å²) in [5.41, 5.74) is 0.480. The smallest absolute Gasteiger partial charge is 0.311 e. The third kappa shape index (κ3) is 1.61. The Hall–Kier alpha value is -1.62. The first-order valence-electron chi connectivity index (χ1n) is 7.17. The Labute approximate surface area is 127 Å². The number of methoxy groups -OCH3 is 1. The molecule has 0 unspecified atom stereocenters. The van der Waals surface area contributed by atoms with Crippen LogP contribution >= 0.6 is 11.6 Å². The molecule has 2 aromatic heterocycles. The highest BCUT2D eigenvalue weighted by molar-refractivity contribution is 6.32. The molecule has 110 valence electrons. The summed E-state index contributed by atoms with van der Waals surface area (Å²) in [4.78, 5) is 20.8. The third-order valence-electron chi connectivity index (χ3n) is 5.35. The molecule has 2 aliphatic carbocycles. The van der Waals surface area contributed by atoms with Gasteiger partial charge in [0.05, 0.1) is 18.7 Å². The number of rotatable bonds is 2. The fourth-order valence-electron chi connectivity index (χ4n) is 4.29. The fourth-order valence-corrected chi connectivity index (χ4v) is 4.49. The van der Waals surface area contributed by atoms with E-state index in [-0.39, 0.29) is 16.8 Å². The molecule has 0 saturated heterocycles. The molecule has 5 nitrogen and oxygen atoms in total. The Morgan fingerprint density at radius 2 is 2.10 bits per heavy atom. The molecule has 0 aliphatic heterocycles. The zero-order valence-corrected chi connectivity index (χ0v) is 12.6. The highest BCUT2D eigenvalue weighted by Crippen LogP contribution is 2.62. The number of esters is 1. The average molecular weight is 306 g/mol. The average Bonchev–Trinajstić information content (AvgIpc) is 3.19. The van der Waals surface area contributed by atoms with E-state index in [0.29, 0.717) is 5.15 Å². The minimum absolute atomic E-state index is 0.0364. The molecule has 2 saturated carbocycles. The zero-order valence-electron chi connectivity index (χ0n) is 11.8. The van der Waals surface area contributed by atoms with Crippen LogP contribution in [0.25, 0.3) is 5.52 Å². The molecule has 0 N–H and O–H groups in total. The van der Waals surface area contributed by atoms with Gasteiger partial charge in [-0.15, -0.1) is 0 Å². The maximum Gasteiger partial charge on any atom is 0.311 e. The van der Waals surface area contributed by atoms with E-state index in [4.69, 9.17) is 16.3 Å². The minimum atomic E-state index is -0.308. The van der Waals surface area contributed by atoms with Gasteiger partial charge in [0.15, 0.2) is 5.15 Å². The molecule has 0 radical (unpaired) electrons. The second-order valence-electron chi connectivity index (χ2n) is 6.28. The topological polar surface area (TPSA) is 56.5 Å². The largest absolute Gasteiger partial charge is 0.469 e. The van der Waals surface area contributed by atoms with Gasteiger partial charge in [0.25, 0.3) is 0 Å². The number of carbonyl (C=O) groups excluding carboxylic acids is 1. The van der Waals surface area contributed by atoms with Gasteiger partial charge < -0.3 is 4.74 Å². The molecule has 6 heteroatoms. The maximum absolute atomic E-state index is 12.1. The second-order valence-corrected chi connectivity index (χ2v) is 6.64. The monoisotopic (exact) mass is 305 g/mol. The SMILES string of the molecule is COC(=O)C12CCC(c3ncc4c(Cl)nccn34)(CC1)C2. The van der Waals surface area contributed by atoms with Crippen LogP contribution in [0.5, 0.6) is 0 Å². The highest BCUT2D eigenvalue weighted by Gasteiger charge is 2.60. The Morgan fingerprint density at radius 1 is 1.33 bits per heavy atom. The number of hydrogen-bond acceptors (Lipinski definition) is 4. The molecule has 2 bridgehead atoms. The Balaban J connectivity index is 1.81. The maximum atomic E-state index is 12.1. The molecule has 0 amide bonds.